The minimum atomic E-state index is 0.838. The van der Waals surface area contributed by atoms with E-state index >= 15 is 0 Å². The molecule has 1 aliphatic heterocycles. The van der Waals surface area contributed by atoms with E-state index < -0.39 is 0 Å². The van der Waals surface area contributed by atoms with Crippen LogP contribution in [0.3, 0.4) is 0 Å². The molecule has 2 nitrogen and oxygen atoms in total. The molecule has 1 saturated heterocycles. The highest BCUT2D eigenvalue weighted by molar-refractivity contribution is 5.48. The van der Waals surface area contributed by atoms with Crippen LogP contribution < -0.4 is 5.32 Å². The summed E-state index contributed by atoms with van der Waals surface area (Å²) in [7, 11) is 2.04. The molecule has 2 rings (SSSR count). The lowest BCUT2D eigenvalue weighted by molar-refractivity contribution is 0.357. The van der Waals surface area contributed by atoms with Gasteiger partial charge in [-0.3, -0.25) is 4.90 Å². The first kappa shape index (κ1) is 12.3. The highest BCUT2D eigenvalue weighted by Crippen LogP contribution is 2.15. The number of likely N-dealkylation sites (tertiary alicyclic amines) is 1. The smallest absolute Gasteiger partial charge is 0.0166 e. The maximum absolute atomic E-state index is 3.27. The van der Waals surface area contributed by atoms with Gasteiger partial charge in [0.1, 0.15) is 0 Å². The zero-order valence-corrected chi connectivity index (χ0v) is 10.6. The summed E-state index contributed by atoms with van der Waals surface area (Å²) in [5, 5.41) is 3.27. The van der Waals surface area contributed by atoms with Crippen molar-refractivity contribution in [2.45, 2.75) is 6.42 Å². The van der Waals surface area contributed by atoms with Crippen LogP contribution in [0, 0.1) is 5.92 Å². The Morgan fingerprint density at radius 1 is 1.35 bits per heavy atom. The van der Waals surface area contributed by atoms with Gasteiger partial charge >= 0.3 is 0 Å². The van der Waals surface area contributed by atoms with Gasteiger partial charge in [-0.2, -0.15) is 0 Å². The van der Waals surface area contributed by atoms with E-state index in [-0.39, 0.29) is 0 Å². The molecule has 17 heavy (non-hydrogen) atoms. The van der Waals surface area contributed by atoms with Crippen molar-refractivity contribution in [1.82, 2.24) is 10.2 Å². The van der Waals surface area contributed by atoms with Crippen LogP contribution >= 0.6 is 0 Å². The molecule has 1 N–H and O–H groups in total. The summed E-state index contributed by atoms with van der Waals surface area (Å²) in [4.78, 5) is 2.53. The van der Waals surface area contributed by atoms with Gasteiger partial charge < -0.3 is 5.32 Å². The lowest BCUT2D eigenvalue weighted by atomic mass is 10.1. The van der Waals surface area contributed by atoms with Gasteiger partial charge in [-0.1, -0.05) is 42.5 Å². The fraction of sp³-hybridized carbons (Fsp3) is 0.467. The van der Waals surface area contributed by atoms with Crippen molar-refractivity contribution in [3.63, 3.8) is 0 Å². The van der Waals surface area contributed by atoms with Gasteiger partial charge in [0, 0.05) is 13.1 Å². The van der Waals surface area contributed by atoms with E-state index in [0.717, 1.165) is 19.0 Å². The first-order chi connectivity index (χ1) is 8.38. The summed E-state index contributed by atoms with van der Waals surface area (Å²) in [6.45, 7) is 4.71. The fourth-order valence-corrected chi connectivity index (χ4v) is 2.44. The Morgan fingerprint density at radius 3 is 2.94 bits per heavy atom. The molecule has 0 saturated carbocycles. The Morgan fingerprint density at radius 2 is 2.18 bits per heavy atom. The summed E-state index contributed by atoms with van der Waals surface area (Å²) in [6, 6.07) is 10.5. The van der Waals surface area contributed by atoms with E-state index in [2.05, 4.69) is 52.7 Å². The molecule has 0 aromatic heterocycles. The number of nitrogens with zero attached hydrogens (tertiary/aromatic N) is 1. The van der Waals surface area contributed by atoms with Crippen LogP contribution in [0.1, 0.15) is 12.0 Å². The molecule has 2 heteroatoms. The first-order valence-electron chi connectivity index (χ1n) is 6.47. The summed E-state index contributed by atoms with van der Waals surface area (Å²) in [5.74, 6) is 0.838. The van der Waals surface area contributed by atoms with Crippen molar-refractivity contribution in [3.8, 4) is 0 Å². The van der Waals surface area contributed by atoms with Crippen LogP contribution in [-0.2, 0) is 0 Å². The van der Waals surface area contributed by atoms with Crippen molar-refractivity contribution in [1.29, 1.82) is 0 Å². The molecule has 92 valence electrons. The number of rotatable bonds is 5. The van der Waals surface area contributed by atoms with Crippen molar-refractivity contribution in [2.75, 3.05) is 33.2 Å². The van der Waals surface area contributed by atoms with Crippen LogP contribution in [0.4, 0.5) is 0 Å². The molecule has 0 amide bonds. The minimum absolute atomic E-state index is 0.838. The van der Waals surface area contributed by atoms with Crippen LogP contribution in [0.25, 0.3) is 6.08 Å². The van der Waals surface area contributed by atoms with Gasteiger partial charge in [0.05, 0.1) is 0 Å². The minimum Gasteiger partial charge on any atom is -0.319 e. The third-order valence-corrected chi connectivity index (χ3v) is 3.34. The number of hydrogen-bond acceptors (Lipinski definition) is 2. The van der Waals surface area contributed by atoms with Gasteiger partial charge in [0.2, 0.25) is 0 Å². The van der Waals surface area contributed by atoms with Crippen LogP contribution in [0.2, 0.25) is 0 Å². The lowest BCUT2D eigenvalue weighted by Gasteiger charge is -2.13. The third-order valence-electron chi connectivity index (χ3n) is 3.34. The summed E-state index contributed by atoms with van der Waals surface area (Å²) < 4.78 is 0. The molecule has 1 atom stereocenters. The van der Waals surface area contributed by atoms with Crippen molar-refractivity contribution in [2.24, 2.45) is 5.92 Å². The van der Waals surface area contributed by atoms with E-state index in [1.807, 2.05) is 7.05 Å². The summed E-state index contributed by atoms with van der Waals surface area (Å²) >= 11 is 0. The Labute approximate surface area is 104 Å². The standard InChI is InChI=1S/C15H22N2/c1-16-12-15-9-11-17(13-15)10-5-8-14-6-3-2-4-7-14/h2-8,15-16H,9-13H2,1H3. The Hall–Kier alpha value is -1.12. The molecule has 0 bridgehead atoms. The fourth-order valence-electron chi connectivity index (χ4n) is 2.44. The molecule has 1 aromatic rings. The molecule has 1 aromatic carbocycles. The molecule has 1 fully saturated rings. The largest absolute Gasteiger partial charge is 0.319 e. The molecule has 0 radical (unpaired) electrons. The maximum atomic E-state index is 3.27. The van der Waals surface area contributed by atoms with E-state index in [1.54, 1.807) is 0 Å². The van der Waals surface area contributed by atoms with Crippen molar-refractivity contribution >= 4 is 6.08 Å². The quantitative estimate of drug-likeness (QED) is 0.834. The highest BCUT2D eigenvalue weighted by Gasteiger charge is 2.20. The second-order valence-corrected chi connectivity index (χ2v) is 4.79. The molecular weight excluding hydrogens is 208 g/mol. The predicted octanol–water partition coefficient (Wildman–Crippen LogP) is 2.24. The van der Waals surface area contributed by atoms with Gasteiger partial charge in [-0.15, -0.1) is 0 Å². The Bertz CT molecular complexity index is 345. The molecule has 1 aliphatic rings. The summed E-state index contributed by atoms with van der Waals surface area (Å²) in [6.07, 6.45) is 5.82. The average Bonchev–Trinajstić information content (AvgIpc) is 2.79. The van der Waals surface area contributed by atoms with Gasteiger partial charge in [0.15, 0.2) is 0 Å². The van der Waals surface area contributed by atoms with E-state index in [4.69, 9.17) is 0 Å². The number of nitrogens with one attached hydrogen (secondary N) is 1. The van der Waals surface area contributed by atoms with Gasteiger partial charge in [0.25, 0.3) is 0 Å². The number of hydrogen-bond donors (Lipinski definition) is 1. The van der Waals surface area contributed by atoms with Crippen LogP contribution in [-0.4, -0.2) is 38.1 Å². The topological polar surface area (TPSA) is 15.3 Å². The van der Waals surface area contributed by atoms with Crippen molar-refractivity contribution < 1.29 is 0 Å². The average molecular weight is 230 g/mol. The SMILES string of the molecule is CNCC1CCN(CC=Cc2ccccc2)C1. The van der Waals surface area contributed by atoms with E-state index in [9.17, 15) is 0 Å². The van der Waals surface area contributed by atoms with E-state index in [1.165, 1.54) is 25.1 Å². The molecule has 0 spiro atoms. The molecular formula is C15H22N2. The summed E-state index contributed by atoms with van der Waals surface area (Å²) in [5.41, 5.74) is 1.29. The normalized spacial score (nSPS) is 21.4. The monoisotopic (exact) mass is 230 g/mol. The predicted molar refractivity (Wildman–Crippen MR) is 73.9 cm³/mol. The Balaban J connectivity index is 1.74. The zero-order chi connectivity index (χ0) is 11.9. The van der Waals surface area contributed by atoms with Gasteiger partial charge in [-0.25, -0.2) is 0 Å². The van der Waals surface area contributed by atoms with Crippen LogP contribution in [0.5, 0.6) is 0 Å². The Kier molecular flexibility index (Phi) is 4.77. The second kappa shape index (κ2) is 6.58. The highest BCUT2D eigenvalue weighted by atomic mass is 15.1. The van der Waals surface area contributed by atoms with Crippen molar-refractivity contribution in [3.05, 3.63) is 42.0 Å². The lowest BCUT2D eigenvalue weighted by Crippen LogP contribution is -2.24. The second-order valence-electron chi connectivity index (χ2n) is 4.79. The molecule has 0 aliphatic carbocycles. The zero-order valence-electron chi connectivity index (χ0n) is 10.6. The molecule has 1 unspecified atom stereocenters. The number of benzene rings is 1. The van der Waals surface area contributed by atoms with Gasteiger partial charge in [-0.05, 0) is 38.0 Å². The first-order valence-corrected chi connectivity index (χ1v) is 6.47. The maximum Gasteiger partial charge on any atom is 0.0166 e. The van der Waals surface area contributed by atoms with Crippen LogP contribution in [0.15, 0.2) is 36.4 Å². The molecule has 1 heterocycles. The van der Waals surface area contributed by atoms with E-state index in [0.29, 0.717) is 0 Å². The third kappa shape index (κ3) is 3.99.